The smallest absolute Gasteiger partial charge is 0.288 e. The molecule has 1 N–H and O–H groups in total. The minimum Gasteiger partial charge on any atom is -0.305 e. The van der Waals surface area contributed by atoms with Crippen LogP contribution in [0.25, 0.3) is 6.08 Å². The number of amidine groups is 1. The molecule has 120 valence electrons. The van der Waals surface area contributed by atoms with E-state index in [1.165, 1.54) is 42.5 Å². The quantitative estimate of drug-likeness (QED) is 0.526. The molecule has 0 aromatic heterocycles. The molecule has 0 saturated heterocycles. The van der Waals surface area contributed by atoms with Crippen molar-refractivity contribution in [2.24, 2.45) is 4.99 Å². The van der Waals surface area contributed by atoms with Crippen molar-refractivity contribution in [2.45, 2.75) is 0 Å². The van der Waals surface area contributed by atoms with Crippen LogP contribution in [0.5, 0.6) is 0 Å². The van der Waals surface area contributed by atoms with Gasteiger partial charge in [0.05, 0.1) is 4.92 Å². The number of carbonyl (C=O) groups excluding carboxylic acids is 1. The number of benzene rings is 2. The lowest BCUT2D eigenvalue weighted by Gasteiger charge is -2.01. The second-order valence-corrected chi connectivity index (χ2v) is 5.30. The maximum Gasteiger partial charge on any atom is 0.288 e. The van der Waals surface area contributed by atoms with Gasteiger partial charge in [0.1, 0.15) is 22.4 Å². The first-order valence-corrected chi connectivity index (χ1v) is 7.14. The Morgan fingerprint density at radius 1 is 1.25 bits per heavy atom. The number of hydrogen-bond acceptors (Lipinski definition) is 4. The summed E-state index contributed by atoms with van der Waals surface area (Å²) in [6.45, 7) is 0. The number of halogens is 2. The van der Waals surface area contributed by atoms with Crippen LogP contribution in [0, 0.1) is 15.9 Å². The minimum absolute atomic E-state index is 0.00713. The molecule has 24 heavy (non-hydrogen) atoms. The Kier molecular flexibility index (Phi) is 4.09. The molecule has 0 bridgehead atoms. The number of nitrogens with one attached hydrogen (secondary N) is 1. The van der Waals surface area contributed by atoms with E-state index < -0.39 is 16.6 Å². The van der Waals surface area contributed by atoms with E-state index in [9.17, 15) is 19.3 Å². The molecule has 6 nitrogen and oxygen atoms in total. The molecule has 1 aliphatic heterocycles. The molecule has 1 aliphatic rings. The van der Waals surface area contributed by atoms with Crippen molar-refractivity contribution in [2.75, 3.05) is 0 Å². The van der Waals surface area contributed by atoms with E-state index in [0.29, 0.717) is 5.56 Å². The molecule has 0 spiro atoms. The van der Waals surface area contributed by atoms with E-state index in [1.807, 2.05) is 0 Å². The zero-order valence-electron chi connectivity index (χ0n) is 12.0. The standard InChI is InChI=1S/C16H9ClFN3O3/c17-11-6-5-10(8-14(11)21(23)24)15-19-13(16(22)20-15)7-9-3-1-2-4-12(9)18/h1-8H,(H,19,20,22)/b13-7-. The van der Waals surface area contributed by atoms with Crippen molar-refractivity contribution in [1.82, 2.24) is 5.32 Å². The minimum atomic E-state index is -0.626. The van der Waals surface area contributed by atoms with Crippen LogP contribution in [-0.4, -0.2) is 16.7 Å². The van der Waals surface area contributed by atoms with Gasteiger partial charge in [-0.3, -0.25) is 14.9 Å². The van der Waals surface area contributed by atoms with Crippen molar-refractivity contribution >= 4 is 35.1 Å². The Labute approximate surface area is 140 Å². The monoisotopic (exact) mass is 345 g/mol. The van der Waals surface area contributed by atoms with Gasteiger partial charge < -0.3 is 5.32 Å². The summed E-state index contributed by atoms with van der Waals surface area (Å²) >= 11 is 5.76. The zero-order chi connectivity index (χ0) is 17.3. The number of rotatable bonds is 3. The van der Waals surface area contributed by atoms with E-state index in [4.69, 9.17) is 11.6 Å². The average molecular weight is 346 g/mol. The normalized spacial score (nSPS) is 15.3. The Hall–Kier alpha value is -3.06. The van der Waals surface area contributed by atoms with Gasteiger partial charge in [0, 0.05) is 17.2 Å². The summed E-state index contributed by atoms with van der Waals surface area (Å²) in [6, 6.07) is 10.0. The van der Waals surface area contributed by atoms with Crippen molar-refractivity contribution < 1.29 is 14.1 Å². The highest BCUT2D eigenvalue weighted by atomic mass is 35.5. The van der Waals surface area contributed by atoms with Crippen molar-refractivity contribution in [1.29, 1.82) is 0 Å². The van der Waals surface area contributed by atoms with Crippen molar-refractivity contribution in [3.8, 4) is 0 Å². The van der Waals surface area contributed by atoms with Gasteiger partial charge in [-0.05, 0) is 24.3 Å². The van der Waals surface area contributed by atoms with Gasteiger partial charge >= 0.3 is 0 Å². The van der Waals surface area contributed by atoms with E-state index in [1.54, 1.807) is 6.07 Å². The zero-order valence-corrected chi connectivity index (χ0v) is 12.7. The third-order valence-electron chi connectivity index (χ3n) is 3.31. The lowest BCUT2D eigenvalue weighted by Crippen LogP contribution is -2.24. The van der Waals surface area contributed by atoms with Gasteiger partial charge in [0.25, 0.3) is 11.6 Å². The van der Waals surface area contributed by atoms with Crippen LogP contribution in [0.3, 0.4) is 0 Å². The van der Waals surface area contributed by atoms with Gasteiger partial charge in [-0.2, -0.15) is 0 Å². The van der Waals surface area contributed by atoms with E-state index in [0.717, 1.165) is 0 Å². The third kappa shape index (κ3) is 3.02. The topological polar surface area (TPSA) is 84.6 Å². The molecule has 2 aromatic carbocycles. The Morgan fingerprint density at radius 2 is 2.00 bits per heavy atom. The summed E-state index contributed by atoms with van der Waals surface area (Å²) in [5.74, 6) is -0.864. The highest BCUT2D eigenvalue weighted by Gasteiger charge is 2.23. The fraction of sp³-hybridized carbons (Fsp3) is 0. The first-order chi connectivity index (χ1) is 11.5. The molecular formula is C16H9ClFN3O3. The van der Waals surface area contributed by atoms with Crippen LogP contribution in [0.15, 0.2) is 53.2 Å². The van der Waals surface area contributed by atoms with Gasteiger partial charge in [-0.25, -0.2) is 9.38 Å². The second kappa shape index (κ2) is 6.21. The molecule has 0 unspecified atom stereocenters. The van der Waals surface area contributed by atoms with Crippen LogP contribution < -0.4 is 5.32 Å². The van der Waals surface area contributed by atoms with Crippen LogP contribution >= 0.6 is 11.6 Å². The average Bonchev–Trinajstić information content (AvgIpc) is 2.91. The number of carbonyl (C=O) groups is 1. The van der Waals surface area contributed by atoms with Crippen molar-refractivity contribution in [3.05, 3.63) is 80.2 Å². The fourth-order valence-electron chi connectivity index (χ4n) is 2.14. The highest BCUT2D eigenvalue weighted by molar-refractivity contribution is 6.33. The van der Waals surface area contributed by atoms with Gasteiger partial charge in [-0.1, -0.05) is 29.8 Å². The maximum absolute atomic E-state index is 13.7. The molecule has 0 fully saturated rings. The first kappa shape index (κ1) is 15.8. The maximum atomic E-state index is 13.7. The number of aliphatic imine (C=N–C) groups is 1. The van der Waals surface area contributed by atoms with Crippen LogP contribution in [-0.2, 0) is 4.79 Å². The molecule has 0 radical (unpaired) electrons. The number of hydrogen-bond donors (Lipinski definition) is 1. The summed E-state index contributed by atoms with van der Waals surface area (Å²) in [4.78, 5) is 26.4. The third-order valence-corrected chi connectivity index (χ3v) is 3.63. The molecule has 1 amide bonds. The van der Waals surface area contributed by atoms with Crippen molar-refractivity contribution in [3.63, 3.8) is 0 Å². The summed E-state index contributed by atoms with van der Waals surface area (Å²) in [6.07, 6.45) is 1.31. The van der Waals surface area contributed by atoms with Crippen LogP contribution in [0.2, 0.25) is 5.02 Å². The Morgan fingerprint density at radius 3 is 2.71 bits per heavy atom. The number of amides is 1. The molecule has 0 saturated carbocycles. The predicted molar refractivity (Wildman–Crippen MR) is 87.2 cm³/mol. The summed E-state index contributed by atoms with van der Waals surface area (Å²) < 4.78 is 13.7. The molecular weight excluding hydrogens is 337 g/mol. The van der Waals surface area contributed by atoms with Crippen LogP contribution in [0.1, 0.15) is 11.1 Å². The molecule has 8 heteroatoms. The Balaban J connectivity index is 2.00. The second-order valence-electron chi connectivity index (χ2n) is 4.89. The first-order valence-electron chi connectivity index (χ1n) is 6.76. The lowest BCUT2D eigenvalue weighted by molar-refractivity contribution is -0.384. The summed E-state index contributed by atoms with van der Waals surface area (Å²) in [5, 5.41) is 13.4. The molecule has 3 rings (SSSR count). The number of nitrogens with zero attached hydrogens (tertiary/aromatic N) is 2. The predicted octanol–water partition coefficient (Wildman–Crippen LogP) is 3.30. The summed E-state index contributed by atoms with van der Waals surface area (Å²) in [7, 11) is 0. The molecule has 0 atom stereocenters. The highest BCUT2D eigenvalue weighted by Crippen LogP contribution is 2.26. The lowest BCUT2D eigenvalue weighted by atomic mass is 10.2. The van der Waals surface area contributed by atoms with Gasteiger partial charge in [0.2, 0.25) is 0 Å². The summed E-state index contributed by atoms with van der Waals surface area (Å²) in [5.41, 5.74) is 0.261. The molecule has 2 aromatic rings. The molecule has 1 heterocycles. The van der Waals surface area contributed by atoms with E-state index in [2.05, 4.69) is 10.3 Å². The van der Waals surface area contributed by atoms with Gasteiger partial charge in [-0.15, -0.1) is 0 Å². The SMILES string of the molecule is O=C1NC(c2ccc(Cl)c([N+](=O)[O-])c2)=N/C1=C\c1ccccc1F. The fourth-order valence-corrected chi connectivity index (χ4v) is 2.33. The van der Waals surface area contributed by atoms with Gasteiger partial charge in [0.15, 0.2) is 0 Å². The number of nitro benzene ring substituents is 1. The molecule has 0 aliphatic carbocycles. The van der Waals surface area contributed by atoms with E-state index in [-0.39, 0.29) is 27.8 Å². The number of nitro groups is 1. The van der Waals surface area contributed by atoms with E-state index >= 15 is 0 Å². The Bertz CT molecular complexity index is 925. The largest absolute Gasteiger partial charge is 0.305 e. The van der Waals surface area contributed by atoms with Crippen LogP contribution in [0.4, 0.5) is 10.1 Å².